The molecule has 3 rings (SSSR count). The van der Waals surface area contributed by atoms with Gasteiger partial charge in [-0.2, -0.15) is 0 Å². The Bertz CT molecular complexity index is 1190. The molecule has 0 unspecified atom stereocenters. The summed E-state index contributed by atoms with van der Waals surface area (Å²) < 4.78 is 0. The maximum Gasteiger partial charge on any atom is 0.224 e. The number of unbranched alkanes of at least 4 members (excludes halogenated alkanes) is 15. The first-order chi connectivity index (χ1) is 21.6. The number of aliphatic imine (C=N–C) groups is 1. The summed E-state index contributed by atoms with van der Waals surface area (Å²) in [6, 6.07) is 15.7. The molecule has 2 aromatic carbocycles. The molecule has 1 N–H and O–H groups in total. The van der Waals surface area contributed by atoms with Crippen LogP contribution in [0.15, 0.2) is 65.3 Å². The van der Waals surface area contributed by atoms with E-state index in [0.29, 0.717) is 23.4 Å². The number of rotatable bonds is 22. The van der Waals surface area contributed by atoms with E-state index in [1.165, 1.54) is 89.9 Å². The van der Waals surface area contributed by atoms with Crippen molar-refractivity contribution < 1.29 is 9.59 Å². The molecule has 5 nitrogen and oxygen atoms in total. The van der Waals surface area contributed by atoms with Gasteiger partial charge in [-0.05, 0) is 50.6 Å². The fourth-order valence-corrected chi connectivity index (χ4v) is 6.03. The number of carbonyl (C=O) groups is 2. The number of nitrogens with one attached hydrogen (secondary N) is 1. The van der Waals surface area contributed by atoms with E-state index < -0.39 is 0 Å². The average molecular weight is 600 g/mol. The molecular weight excluding hydrogens is 542 g/mol. The molecule has 0 atom stereocenters. The summed E-state index contributed by atoms with van der Waals surface area (Å²) in [7, 11) is 0. The highest BCUT2D eigenvalue weighted by Crippen LogP contribution is 2.25. The van der Waals surface area contributed by atoms with Crippen molar-refractivity contribution in [3.8, 4) is 0 Å². The Hall–Kier alpha value is -3.21. The Morgan fingerprint density at radius 3 is 1.68 bits per heavy atom. The molecule has 1 amide bonds. The molecule has 0 spiro atoms. The van der Waals surface area contributed by atoms with Crippen LogP contribution >= 0.6 is 0 Å². The van der Waals surface area contributed by atoms with Gasteiger partial charge in [-0.25, -0.2) is 4.99 Å². The molecule has 0 aromatic heterocycles. The molecule has 0 saturated carbocycles. The molecule has 0 aliphatic heterocycles. The average Bonchev–Trinajstić information content (AvgIpc) is 3.04. The minimum Gasteiger partial charge on any atom is -0.372 e. The third-order valence-electron chi connectivity index (χ3n) is 8.73. The molecule has 0 saturated heterocycles. The van der Waals surface area contributed by atoms with Crippen molar-refractivity contribution in [2.24, 2.45) is 4.99 Å². The third-order valence-corrected chi connectivity index (χ3v) is 8.73. The largest absolute Gasteiger partial charge is 0.372 e. The molecule has 0 radical (unpaired) electrons. The molecule has 240 valence electrons. The lowest BCUT2D eigenvalue weighted by atomic mass is 9.92. The Morgan fingerprint density at radius 1 is 0.659 bits per heavy atom. The highest BCUT2D eigenvalue weighted by Gasteiger charge is 2.25. The first kappa shape index (κ1) is 35.3. The summed E-state index contributed by atoms with van der Waals surface area (Å²) in [4.78, 5) is 33.2. The number of nitrogens with zero attached hydrogens (tertiary/aromatic N) is 2. The van der Waals surface area contributed by atoms with Crippen molar-refractivity contribution in [2.75, 3.05) is 18.0 Å². The summed E-state index contributed by atoms with van der Waals surface area (Å²) in [5, 5.41) is 2.90. The highest BCUT2D eigenvalue weighted by molar-refractivity contribution is 6.27. The van der Waals surface area contributed by atoms with Gasteiger partial charge >= 0.3 is 0 Å². The van der Waals surface area contributed by atoms with Crippen LogP contribution in [0.25, 0.3) is 0 Å². The van der Waals surface area contributed by atoms with Gasteiger partial charge in [0.15, 0.2) is 0 Å². The van der Waals surface area contributed by atoms with Crippen LogP contribution in [0.1, 0.15) is 146 Å². The fraction of sp³-hybridized carbons (Fsp3) is 0.564. The van der Waals surface area contributed by atoms with Crippen molar-refractivity contribution in [3.05, 3.63) is 71.4 Å². The quantitative estimate of drug-likeness (QED) is 0.137. The van der Waals surface area contributed by atoms with Gasteiger partial charge in [0.25, 0.3) is 0 Å². The molecule has 5 heteroatoms. The van der Waals surface area contributed by atoms with E-state index in [0.717, 1.165) is 42.9 Å². The van der Waals surface area contributed by atoms with Gasteiger partial charge in [-0.15, -0.1) is 0 Å². The number of carbonyl (C=O) groups excluding carboxylic acids is 2. The van der Waals surface area contributed by atoms with Gasteiger partial charge in [0.05, 0.1) is 17.1 Å². The second-order valence-electron chi connectivity index (χ2n) is 12.2. The summed E-state index contributed by atoms with van der Waals surface area (Å²) >= 11 is 0. The van der Waals surface area contributed by atoms with Crippen molar-refractivity contribution in [2.45, 2.75) is 130 Å². The molecular formula is C39H57N3O2. The number of benzene rings is 2. The minimum absolute atomic E-state index is 0.0997. The normalized spacial score (nSPS) is 13.6. The molecule has 1 aliphatic rings. The van der Waals surface area contributed by atoms with Gasteiger partial charge in [0.1, 0.15) is 0 Å². The summed E-state index contributed by atoms with van der Waals surface area (Å²) in [5.41, 5.74) is 4.34. The Kier molecular flexibility index (Phi) is 16.6. The minimum atomic E-state index is -0.156. The zero-order valence-corrected chi connectivity index (χ0v) is 27.8. The summed E-state index contributed by atoms with van der Waals surface area (Å²) in [6.07, 6.45) is 23.0. The van der Waals surface area contributed by atoms with Crippen molar-refractivity contribution >= 4 is 28.8 Å². The van der Waals surface area contributed by atoms with Crippen LogP contribution in [0.4, 0.5) is 11.4 Å². The monoisotopic (exact) mass is 599 g/mol. The number of hydrogen-bond donors (Lipinski definition) is 1. The van der Waals surface area contributed by atoms with Crippen LogP contribution in [-0.2, 0) is 4.79 Å². The van der Waals surface area contributed by atoms with Crippen LogP contribution in [0.5, 0.6) is 0 Å². The zero-order chi connectivity index (χ0) is 31.4. The lowest BCUT2D eigenvalue weighted by molar-refractivity contribution is -0.120. The van der Waals surface area contributed by atoms with Crippen molar-refractivity contribution in [3.63, 3.8) is 0 Å². The van der Waals surface area contributed by atoms with Gasteiger partial charge in [0, 0.05) is 36.3 Å². The van der Waals surface area contributed by atoms with Crippen molar-refractivity contribution in [1.29, 1.82) is 0 Å². The number of Topliss-reactive ketones (excluding diaryl/α,β-unsaturated/α-hetero) is 1. The number of ketones is 1. The predicted octanol–water partition coefficient (Wildman–Crippen LogP) is 10.5. The molecule has 0 heterocycles. The fourth-order valence-electron chi connectivity index (χ4n) is 6.03. The first-order valence-electron chi connectivity index (χ1n) is 17.7. The smallest absolute Gasteiger partial charge is 0.224 e. The Morgan fingerprint density at radius 2 is 1.16 bits per heavy atom. The number of hydrogen-bond acceptors (Lipinski definition) is 4. The SMILES string of the molecule is CCCCCCCCCCCCCCCCCCC(=O)NC1=CC(=Nc2ccc(N(CC)CC)cc2)c2ccccc2C1=O. The maximum absolute atomic E-state index is 13.2. The Labute approximate surface area is 267 Å². The van der Waals surface area contributed by atoms with Crippen LogP contribution < -0.4 is 10.2 Å². The highest BCUT2D eigenvalue weighted by atomic mass is 16.2. The number of anilines is 1. The number of allylic oxidation sites excluding steroid dienone is 2. The van der Waals surface area contributed by atoms with Crippen LogP contribution in [0, 0.1) is 0 Å². The molecule has 1 aliphatic carbocycles. The third kappa shape index (κ3) is 12.1. The van der Waals surface area contributed by atoms with Crippen LogP contribution in [0.3, 0.4) is 0 Å². The van der Waals surface area contributed by atoms with Crippen molar-refractivity contribution in [1.82, 2.24) is 5.32 Å². The first-order valence-corrected chi connectivity index (χ1v) is 17.7. The van der Waals surface area contributed by atoms with E-state index in [9.17, 15) is 9.59 Å². The zero-order valence-electron chi connectivity index (χ0n) is 27.8. The number of amides is 1. The van der Waals surface area contributed by atoms with Crippen LogP contribution in [-0.4, -0.2) is 30.5 Å². The van der Waals surface area contributed by atoms with E-state index in [2.05, 4.69) is 43.1 Å². The topological polar surface area (TPSA) is 61.8 Å². The molecule has 0 fully saturated rings. The van der Waals surface area contributed by atoms with E-state index in [4.69, 9.17) is 4.99 Å². The Balaban J connectivity index is 1.38. The molecule has 0 bridgehead atoms. The second-order valence-corrected chi connectivity index (χ2v) is 12.2. The molecule has 2 aromatic rings. The van der Waals surface area contributed by atoms with E-state index >= 15 is 0 Å². The molecule has 44 heavy (non-hydrogen) atoms. The number of fused-ring (bicyclic) bond motifs is 1. The van der Waals surface area contributed by atoms with E-state index in [-0.39, 0.29) is 11.7 Å². The van der Waals surface area contributed by atoms with Gasteiger partial charge in [0.2, 0.25) is 11.7 Å². The maximum atomic E-state index is 13.2. The van der Waals surface area contributed by atoms with Crippen LogP contribution in [0.2, 0.25) is 0 Å². The lowest BCUT2D eigenvalue weighted by Gasteiger charge is -2.21. The summed E-state index contributed by atoms with van der Waals surface area (Å²) in [6.45, 7) is 8.47. The predicted molar refractivity (Wildman–Crippen MR) is 187 cm³/mol. The summed E-state index contributed by atoms with van der Waals surface area (Å²) in [5.74, 6) is -0.256. The second kappa shape index (κ2) is 20.7. The van der Waals surface area contributed by atoms with Gasteiger partial charge in [-0.1, -0.05) is 128 Å². The van der Waals surface area contributed by atoms with Gasteiger partial charge in [-0.3, -0.25) is 9.59 Å². The van der Waals surface area contributed by atoms with Gasteiger partial charge < -0.3 is 10.2 Å². The van der Waals surface area contributed by atoms with E-state index in [1.54, 1.807) is 6.08 Å². The van der Waals surface area contributed by atoms with E-state index in [1.807, 2.05) is 36.4 Å². The standard InChI is InChI=1S/C39H57N3O2/c1-4-7-8-9-10-11-12-13-14-15-16-17-18-19-20-21-26-38(43)41-37-31-36(34-24-22-23-25-35(34)39(37)44)40-32-27-29-33(30-28-32)42(5-2)6-3/h22-25,27-31H,4-21,26H2,1-3H3,(H,41,43). The lowest BCUT2D eigenvalue weighted by Crippen LogP contribution is -2.31.